The molecule has 2 saturated carbocycles. The van der Waals surface area contributed by atoms with Crippen molar-refractivity contribution in [1.29, 1.82) is 0 Å². The third-order valence-electron chi connectivity index (χ3n) is 7.55. The summed E-state index contributed by atoms with van der Waals surface area (Å²) in [6, 6.07) is 5.06. The molecule has 0 radical (unpaired) electrons. The van der Waals surface area contributed by atoms with Gasteiger partial charge in [0.05, 0.1) is 23.7 Å². The number of benzene rings is 1. The molecule has 2 aliphatic carbocycles. The fourth-order valence-electron chi connectivity index (χ4n) is 5.98. The van der Waals surface area contributed by atoms with Gasteiger partial charge in [-0.25, -0.2) is 4.39 Å². The Morgan fingerprint density at radius 1 is 1.03 bits per heavy atom. The Balaban J connectivity index is 1.58. The fraction of sp³-hybridized carbons (Fsp3) is 0.720. The van der Waals surface area contributed by atoms with Crippen LogP contribution in [0.1, 0.15) is 82.3 Å². The summed E-state index contributed by atoms with van der Waals surface area (Å²) in [7, 11) is 0. The fourth-order valence-corrected chi connectivity index (χ4v) is 6.10. The van der Waals surface area contributed by atoms with Gasteiger partial charge >= 0.3 is 5.97 Å². The summed E-state index contributed by atoms with van der Waals surface area (Å²) in [5, 5.41) is 9.39. The zero-order valence-electron chi connectivity index (χ0n) is 18.3. The Hall–Kier alpha value is -1.17. The molecule has 1 aromatic carbocycles. The molecule has 6 heteroatoms. The first kappa shape index (κ1) is 23.0. The highest BCUT2D eigenvalue weighted by Gasteiger charge is 2.39. The van der Waals surface area contributed by atoms with Gasteiger partial charge in [0.2, 0.25) is 0 Å². The monoisotopic (exact) mass is 451 g/mol. The van der Waals surface area contributed by atoms with Crippen LogP contribution in [0.4, 0.5) is 4.39 Å². The lowest BCUT2D eigenvalue weighted by atomic mass is 9.89. The van der Waals surface area contributed by atoms with Crippen molar-refractivity contribution >= 4 is 17.6 Å². The summed E-state index contributed by atoms with van der Waals surface area (Å²) in [5.41, 5.74) is 0.768. The lowest BCUT2D eigenvalue weighted by Gasteiger charge is -2.44. The topological polar surface area (TPSA) is 49.8 Å². The molecule has 1 aromatic rings. The van der Waals surface area contributed by atoms with Gasteiger partial charge in [0.25, 0.3) is 0 Å². The van der Waals surface area contributed by atoms with Crippen LogP contribution in [-0.2, 0) is 9.53 Å². The number of carbonyl (C=O) groups is 1. The number of ether oxygens (including phenoxy) is 1. The van der Waals surface area contributed by atoms with Crippen LogP contribution in [0, 0.1) is 17.7 Å². The van der Waals surface area contributed by atoms with E-state index in [4.69, 9.17) is 16.3 Å². The van der Waals surface area contributed by atoms with Gasteiger partial charge in [-0.15, -0.1) is 0 Å². The molecule has 0 aromatic heterocycles. The van der Waals surface area contributed by atoms with Crippen molar-refractivity contribution in [2.24, 2.45) is 11.8 Å². The van der Waals surface area contributed by atoms with Crippen molar-refractivity contribution in [3.05, 3.63) is 34.6 Å². The van der Waals surface area contributed by atoms with Crippen LogP contribution in [0.5, 0.6) is 0 Å². The van der Waals surface area contributed by atoms with Crippen LogP contribution in [0.2, 0.25) is 5.02 Å². The van der Waals surface area contributed by atoms with Crippen LogP contribution in [-0.4, -0.2) is 41.2 Å². The molecule has 4 rings (SSSR count). The Labute approximate surface area is 190 Å². The summed E-state index contributed by atoms with van der Waals surface area (Å²) >= 11 is 5.94. The highest BCUT2D eigenvalue weighted by molar-refractivity contribution is 6.30. The second-order valence-corrected chi connectivity index (χ2v) is 10.3. The molecule has 1 aliphatic heterocycles. The number of hydrogen-bond donors (Lipinski definition) is 1. The standard InChI is InChI=1S/C25H35ClFNO3/c26-21-11-9-19(13-22(21)27)25-23(12-10-20(31-25)14-24(29)30)28(15-17-5-1-2-6-17)16-18-7-3-4-8-18/h9,11,13,17-18,20,23,25H,1-8,10,12,14-16H2,(H,29,30). The predicted molar refractivity (Wildman–Crippen MR) is 120 cm³/mol. The molecule has 0 spiro atoms. The van der Waals surface area contributed by atoms with Gasteiger partial charge in [0.1, 0.15) is 5.82 Å². The molecule has 31 heavy (non-hydrogen) atoms. The molecule has 0 amide bonds. The summed E-state index contributed by atoms with van der Waals surface area (Å²) in [6.45, 7) is 2.14. The maximum absolute atomic E-state index is 14.3. The second kappa shape index (κ2) is 10.6. The molecule has 1 saturated heterocycles. The molecule has 3 fully saturated rings. The summed E-state index contributed by atoms with van der Waals surface area (Å²) in [6.07, 6.45) is 11.4. The Bertz CT molecular complexity index is 730. The first-order valence-corrected chi connectivity index (χ1v) is 12.4. The van der Waals surface area contributed by atoms with Gasteiger partial charge in [0.15, 0.2) is 0 Å². The third kappa shape index (κ3) is 6.00. The van der Waals surface area contributed by atoms with Crippen molar-refractivity contribution < 1.29 is 19.0 Å². The first-order chi connectivity index (χ1) is 15.0. The summed E-state index contributed by atoms with van der Waals surface area (Å²) in [5.74, 6) is 0.153. The minimum Gasteiger partial charge on any atom is -0.481 e. The maximum atomic E-state index is 14.3. The van der Waals surface area contributed by atoms with E-state index < -0.39 is 11.8 Å². The lowest BCUT2D eigenvalue weighted by molar-refractivity contribution is -0.148. The first-order valence-electron chi connectivity index (χ1n) is 12.1. The molecule has 3 aliphatic rings. The number of carboxylic acid groups (broad SMARTS) is 1. The van der Waals surface area contributed by atoms with Crippen molar-refractivity contribution in [1.82, 2.24) is 4.90 Å². The minimum absolute atomic E-state index is 0.00938. The highest BCUT2D eigenvalue weighted by atomic mass is 35.5. The maximum Gasteiger partial charge on any atom is 0.305 e. The molecule has 4 nitrogen and oxygen atoms in total. The average molecular weight is 452 g/mol. The molecule has 3 unspecified atom stereocenters. The zero-order valence-corrected chi connectivity index (χ0v) is 19.0. The van der Waals surface area contributed by atoms with Crippen molar-refractivity contribution in [3.8, 4) is 0 Å². The van der Waals surface area contributed by atoms with E-state index in [1.54, 1.807) is 6.07 Å². The van der Waals surface area contributed by atoms with Crippen LogP contribution >= 0.6 is 11.6 Å². The van der Waals surface area contributed by atoms with Crippen LogP contribution in [0.3, 0.4) is 0 Å². The molecule has 1 N–H and O–H groups in total. The van der Waals surface area contributed by atoms with E-state index in [1.807, 2.05) is 6.07 Å². The Morgan fingerprint density at radius 2 is 1.65 bits per heavy atom. The van der Waals surface area contributed by atoms with E-state index in [9.17, 15) is 14.3 Å². The SMILES string of the molecule is O=C(O)CC1CCC(N(CC2CCCC2)CC2CCCC2)C(c2ccc(Cl)c(F)c2)O1. The smallest absolute Gasteiger partial charge is 0.305 e. The number of halogens is 2. The summed E-state index contributed by atoms with van der Waals surface area (Å²) < 4.78 is 20.7. The van der Waals surface area contributed by atoms with Gasteiger partial charge in [-0.1, -0.05) is 43.4 Å². The molecule has 3 atom stereocenters. The minimum atomic E-state index is -0.849. The van der Waals surface area contributed by atoms with E-state index in [2.05, 4.69) is 4.90 Å². The average Bonchev–Trinajstić information content (AvgIpc) is 3.43. The van der Waals surface area contributed by atoms with Crippen molar-refractivity contribution in [2.45, 2.75) is 88.9 Å². The van der Waals surface area contributed by atoms with E-state index in [0.717, 1.165) is 43.3 Å². The van der Waals surface area contributed by atoms with E-state index in [-0.39, 0.29) is 29.7 Å². The summed E-state index contributed by atoms with van der Waals surface area (Å²) in [4.78, 5) is 13.9. The third-order valence-corrected chi connectivity index (χ3v) is 7.86. The van der Waals surface area contributed by atoms with Gasteiger partial charge < -0.3 is 9.84 Å². The van der Waals surface area contributed by atoms with Gasteiger partial charge in [-0.05, 0) is 68.1 Å². The van der Waals surface area contributed by atoms with Crippen LogP contribution in [0.25, 0.3) is 0 Å². The Kier molecular flexibility index (Phi) is 7.89. The normalized spacial score (nSPS) is 27.9. The highest BCUT2D eigenvalue weighted by Crippen LogP contribution is 2.39. The molecular formula is C25H35ClFNO3. The van der Waals surface area contributed by atoms with E-state index >= 15 is 0 Å². The quantitative estimate of drug-likeness (QED) is 0.509. The van der Waals surface area contributed by atoms with Crippen molar-refractivity contribution in [2.75, 3.05) is 13.1 Å². The molecular weight excluding hydrogens is 417 g/mol. The van der Waals surface area contributed by atoms with Gasteiger partial charge in [0, 0.05) is 19.1 Å². The van der Waals surface area contributed by atoms with E-state index in [0.29, 0.717) is 0 Å². The van der Waals surface area contributed by atoms with Gasteiger partial charge in [-0.3, -0.25) is 9.69 Å². The second-order valence-electron chi connectivity index (χ2n) is 9.85. The van der Waals surface area contributed by atoms with Gasteiger partial charge in [-0.2, -0.15) is 0 Å². The molecule has 0 bridgehead atoms. The van der Waals surface area contributed by atoms with Crippen molar-refractivity contribution in [3.63, 3.8) is 0 Å². The zero-order chi connectivity index (χ0) is 21.8. The number of aliphatic carboxylic acids is 1. The van der Waals surface area contributed by atoms with Crippen LogP contribution < -0.4 is 0 Å². The lowest BCUT2D eigenvalue weighted by Crippen LogP contribution is -2.48. The number of rotatable bonds is 8. The number of nitrogens with zero attached hydrogens (tertiary/aromatic N) is 1. The molecule has 172 valence electrons. The Morgan fingerprint density at radius 3 is 2.19 bits per heavy atom. The predicted octanol–water partition coefficient (Wildman–Crippen LogP) is 6.22. The number of carboxylic acids is 1. The number of hydrogen-bond acceptors (Lipinski definition) is 3. The van der Waals surface area contributed by atoms with E-state index in [1.165, 1.54) is 57.4 Å². The van der Waals surface area contributed by atoms with Crippen LogP contribution in [0.15, 0.2) is 18.2 Å². The molecule has 1 heterocycles. The largest absolute Gasteiger partial charge is 0.481 e.